The number of para-hydroxylation sites is 4. The molecule has 55 heavy (non-hydrogen) atoms. The molecule has 0 saturated carbocycles. The highest BCUT2D eigenvalue weighted by atomic mass is 15.0. The van der Waals surface area contributed by atoms with Gasteiger partial charge < -0.3 is 13.7 Å². The molecule has 8 aromatic carbocycles. The Kier molecular flexibility index (Phi) is 6.61. The molecule has 0 spiro atoms. The van der Waals surface area contributed by atoms with E-state index in [1.807, 2.05) is 42.5 Å². The zero-order chi connectivity index (χ0) is 36.6. The molecule has 0 aliphatic carbocycles. The summed E-state index contributed by atoms with van der Waals surface area (Å²) in [4.78, 5) is 3.74. The third kappa shape index (κ3) is 4.45. The van der Waals surface area contributed by atoms with Gasteiger partial charge >= 0.3 is 0 Å². The second-order valence-corrected chi connectivity index (χ2v) is 13.9. The van der Waals surface area contributed by atoms with Crippen molar-refractivity contribution in [1.82, 2.24) is 13.7 Å². The monoisotopic (exact) mass is 699 g/mol. The van der Waals surface area contributed by atoms with Crippen molar-refractivity contribution in [2.24, 2.45) is 0 Å². The van der Waals surface area contributed by atoms with E-state index in [1.54, 1.807) is 0 Å². The second kappa shape index (κ2) is 11.8. The summed E-state index contributed by atoms with van der Waals surface area (Å²) in [7, 11) is 0. The molecule has 11 rings (SSSR count). The smallest absolute Gasteiger partial charge is 0.189 e. The van der Waals surface area contributed by atoms with E-state index in [2.05, 4.69) is 158 Å². The molecule has 254 valence electrons. The zero-order valence-corrected chi connectivity index (χ0v) is 29.5. The molecule has 0 aliphatic rings. The first-order valence-electron chi connectivity index (χ1n) is 18.3. The number of hydrogen-bond acceptors (Lipinski definition) is 1. The second-order valence-electron chi connectivity index (χ2n) is 13.9. The summed E-state index contributed by atoms with van der Waals surface area (Å²) in [5.41, 5.74) is 12.5. The third-order valence-corrected chi connectivity index (χ3v) is 11.1. The molecule has 0 saturated heterocycles. The van der Waals surface area contributed by atoms with Gasteiger partial charge in [0.15, 0.2) is 5.69 Å². The van der Waals surface area contributed by atoms with Crippen molar-refractivity contribution >= 4 is 71.1 Å². The Hall–Kier alpha value is -7.86. The SMILES string of the molecule is [C-]#[N+]c1ccc2c3ccccc3n(-c3cccc(C#N)c3-c3ccc(-n4c5ccccc5c5ccc(-n6c7ccccc7c7ccccc76)cc54)cc3)c2c1. The topological polar surface area (TPSA) is 42.9 Å². The fourth-order valence-electron chi connectivity index (χ4n) is 8.77. The molecule has 0 unspecified atom stereocenters. The predicted molar refractivity (Wildman–Crippen MR) is 226 cm³/mol. The van der Waals surface area contributed by atoms with Crippen LogP contribution in [0.3, 0.4) is 0 Å². The van der Waals surface area contributed by atoms with Gasteiger partial charge in [-0.2, -0.15) is 5.26 Å². The van der Waals surface area contributed by atoms with Gasteiger partial charge in [0.05, 0.1) is 51.5 Å². The van der Waals surface area contributed by atoms with Gasteiger partial charge in [0.25, 0.3) is 0 Å². The lowest BCUT2D eigenvalue weighted by Crippen LogP contribution is -2.00. The van der Waals surface area contributed by atoms with Crippen LogP contribution in [0.15, 0.2) is 176 Å². The molecule has 0 bridgehead atoms. The standard InChI is InChI=1S/C50H29N5/c1-52-34-23-27-41-40-15-5-9-19-46(40)55(48(41)29-34)47-20-10-11-33(31-51)50(47)32-21-24-35(25-22-32)53-43-16-6-4-14-39(43)42-28-26-36(30-49(42)53)54-44-17-7-2-12-37(44)38-13-3-8-18-45(38)54/h2-30H. The summed E-state index contributed by atoms with van der Waals surface area (Å²) < 4.78 is 6.92. The summed E-state index contributed by atoms with van der Waals surface area (Å²) >= 11 is 0. The van der Waals surface area contributed by atoms with Crippen molar-refractivity contribution in [2.45, 2.75) is 0 Å². The average Bonchev–Trinajstić information content (AvgIpc) is 3.88. The van der Waals surface area contributed by atoms with E-state index in [-0.39, 0.29) is 0 Å². The summed E-state index contributed by atoms with van der Waals surface area (Å²) in [5.74, 6) is 0. The molecule has 5 nitrogen and oxygen atoms in total. The van der Waals surface area contributed by atoms with Crippen LogP contribution in [-0.4, -0.2) is 13.7 Å². The first kappa shape index (κ1) is 30.7. The normalized spacial score (nSPS) is 11.6. The molecule has 0 N–H and O–H groups in total. The number of benzene rings is 8. The highest BCUT2D eigenvalue weighted by molar-refractivity contribution is 6.13. The number of hydrogen-bond donors (Lipinski definition) is 0. The fourth-order valence-corrected chi connectivity index (χ4v) is 8.77. The molecular weight excluding hydrogens is 671 g/mol. The summed E-state index contributed by atoms with van der Waals surface area (Å²) in [6.45, 7) is 7.73. The van der Waals surface area contributed by atoms with Gasteiger partial charge in [-0.15, -0.1) is 0 Å². The lowest BCUT2D eigenvalue weighted by Gasteiger charge is -2.16. The minimum absolute atomic E-state index is 0.575. The van der Waals surface area contributed by atoms with Crippen LogP contribution in [0.2, 0.25) is 0 Å². The Bertz CT molecular complexity index is 3400. The molecular formula is C50H29N5. The molecule has 11 aromatic rings. The number of nitriles is 1. The van der Waals surface area contributed by atoms with Crippen LogP contribution in [0.4, 0.5) is 5.69 Å². The van der Waals surface area contributed by atoms with Gasteiger partial charge in [-0.05, 0) is 72.3 Å². The van der Waals surface area contributed by atoms with Crippen molar-refractivity contribution < 1.29 is 0 Å². The average molecular weight is 700 g/mol. The van der Waals surface area contributed by atoms with Crippen LogP contribution in [-0.2, 0) is 0 Å². The molecule has 0 atom stereocenters. The van der Waals surface area contributed by atoms with Crippen LogP contribution >= 0.6 is 0 Å². The number of fused-ring (bicyclic) bond motifs is 9. The molecule has 0 radical (unpaired) electrons. The van der Waals surface area contributed by atoms with Gasteiger partial charge in [0, 0.05) is 54.8 Å². The maximum Gasteiger partial charge on any atom is 0.189 e. The first-order valence-corrected chi connectivity index (χ1v) is 18.3. The Morgan fingerprint density at radius 2 is 0.891 bits per heavy atom. The predicted octanol–water partition coefficient (Wildman–Crippen LogP) is 13.1. The number of aromatic nitrogens is 3. The van der Waals surface area contributed by atoms with Gasteiger partial charge in [-0.3, -0.25) is 0 Å². The van der Waals surface area contributed by atoms with Crippen molar-refractivity contribution in [3.63, 3.8) is 0 Å². The van der Waals surface area contributed by atoms with Gasteiger partial charge in [-0.1, -0.05) is 109 Å². The summed E-state index contributed by atoms with van der Waals surface area (Å²) in [6, 6.07) is 63.7. The van der Waals surface area contributed by atoms with Crippen molar-refractivity contribution in [3.05, 3.63) is 193 Å². The lowest BCUT2D eigenvalue weighted by molar-refractivity contribution is 1.15. The van der Waals surface area contributed by atoms with Crippen molar-refractivity contribution in [1.29, 1.82) is 5.26 Å². The van der Waals surface area contributed by atoms with E-state index in [4.69, 9.17) is 6.57 Å². The lowest BCUT2D eigenvalue weighted by atomic mass is 9.97. The Labute approximate surface area is 316 Å². The number of nitrogens with zero attached hydrogens (tertiary/aromatic N) is 5. The van der Waals surface area contributed by atoms with Crippen LogP contribution < -0.4 is 0 Å². The summed E-state index contributed by atoms with van der Waals surface area (Å²) in [5, 5.41) is 17.5. The quantitative estimate of drug-likeness (QED) is 0.169. The van der Waals surface area contributed by atoms with Crippen molar-refractivity contribution in [2.75, 3.05) is 0 Å². The van der Waals surface area contributed by atoms with E-state index in [0.717, 1.165) is 61.0 Å². The van der Waals surface area contributed by atoms with E-state index in [1.165, 1.54) is 32.6 Å². The van der Waals surface area contributed by atoms with Crippen LogP contribution in [0.1, 0.15) is 5.56 Å². The molecule has 5 heteroatoms. The minimum atomic E-state index is 0.575. The molecule has 3 heterocycles. The maximum absolute atomic E-state index is 10.5. The van der Waals surface area contributed by atoms with E-state index in [9.17, 15) is 5.26 Å². The highest BCUT2D eigenvalue weighted by Gasteiger charge is 2.20. The van der Waals surface area contributed by atoms with Crippen LogP contribution in [0, 0.1) is 17.9 Å². The van der Waals surface area contributed by atoms with E-state index >= 15 is 0 Å². The van der Waals surface area contributed by atoms with E-state index in [0.29, 0.717) is 11.3 Å². The van der Waals surface area contributed by atoms with Crippen LogP contribution in [0.25, 0.3) is 98.5 Å². The Morgan fingerprint density at radius 3 is 1.45 bits per heavy atom. The minimum Gasteiger partial charge on any atom is -0.310 e. The molecule has 0 amide bonds. The third-order valence-electron chi connectivity index (χ3n) is 11.1. The van der Waals surface area contributed by atoms with E-state index < -0.39 is 0 Å². The largest absolute Gasteiger partial charge is 0.310 e. The van der Waals surface area contributed by atoms with Gasteiger partial charge in [-0.25, -0.2) is 4.85 Å². The van der Waals surface area contributed by atoms with Crippen molar-refractivity contribution in [3.8, 4) is 34.3 Å². The summed E-state index contributed by atoms with van der Waals surface area (Å²) in [6.07, 6.45) is 0. The van der Waals surface area contributed by atoms with Gasteiger partial charge in [0.1, 0.15) is 0 Å². The Balaban J connectivity index is 1.12. The molecule has 0 aliphatic heterocycles. The fraction of sp³-hybridized carbons (Fsp3) is 0. The Morgan fingerprint density at radius 1 is 0.418 bits per heavy atom. The first-order chi connectivity index (χ1) is 27.2. The zero-order valence-electron chi connectivity index (χ0n) is 29.5. The number of rotatable bonds is 4. The van der Waals surface area contributed by atoms with Crippen LogP contribution in [0.5, 0.6) is 0 Å². The highest BCUT2D eigenvalue weighted by Crippen LogP contribution is 2.41. The molecule has 3 aromatic heterocycles. The molecule has 0 fully saturated rings. The maximum atomic E-state index is 10.5. The van der Waals surface area contributed by atoms with Gasteiger partial charge in [0.2, 0.25) is 0 Å².